The predicted octanol–water partition coefficient (Wildman–Crippen LogP) is 4.49. The number of aromatic nitrogens is 1. The van der Waals surface area contributed by atoms with Crippen molar-refractivity contribution in [1.82, 2.24) is 4.98 Å². The van der Waals surface area contributed by atoms with Crippen molar-refractivity contribution in [2.24, 2.45) is 0 Å². The van der Waals surface area contributed by atoms with Crippen molar-refractivity contribution in [3.63, 3.8) is 0 Å². The van der Waals surface area contributed by atoms with Crippen molar-refractivity contribution in [1.29, 1.82) is 0 Å². The molecule has 0 radical (unpaired) electrons. The topological polar surface area (TPSA) is 45.7 Å². The van der Waals surface area contributed by atoms with Crippen molar-refractivity contribution in [3.05, 3.63) is 65.5 Å². The Morgan fingerprint density at radius 3 is 2.54 bits per heavy atom. The quantitative estimate of drug-likeness (QED) is 0.695. The number of rotatable bonds is 5. The molecule has 0 bridgehead atoms. The second-order valence-corrected chi connectivity index (χ2v) is 7.56. The van der Waals surface area contributed by atoms with Crippen molar-refractivity contribution in [3.8, 4) is 0 Å². The van der Waals surface area contributed by atoms with Gasteiger partial charge in [0.15, 0.2) is 0 Å². The number of ether oxygens (including phenoxy) is 1. The monoisotopic (exact) mass is 399 g/mol. The van der Waals surface area contributed by atoms with Gasteiger partial charge in [0, 0.05) is 42.2 Å². The van der Waals surface area contributed by atoms with Gasteiger partial charge in [-0.1, -0.05) is 17.7 Å². The molecule has 0 aliphatic carbocycles. The fourth-order valence-electron chi connectivity index (χ4n) is 3.52. The van der Waals surface area contributed by atoms with Crippen LogP contribution >= 0.6 is 11.6 Å². The standard InChI is InChI=1S/C22H26ClN3O2/c1-5-12-26(22(27)21-17(4)20(23)10-11-24-21)19-8-6-18(7-9-19)25-13-15(2)28-16(3)14-25/h5-11,15-16H,1,12-14H2,2-4H3. The lowest BCUT2D eigenvalue weighted by molar-refractivity contribution is -0.00521. The molecule has 148 valence electrons. The molecule has 5 nitrogen and oxygen atoms in total. The van der Waals surface area contributed by atoms with Gasteiger partial charge in [-0.15, -0.1) is 6.58 Å². The molecule has 2 aromatic rings. The number of amides is 1. The maximum Gasteiger partial charge on any atom is 0.277 e. The average molecular weight is 400 g/mol. The van der Waals surface area contributed by atoms with E-state index in [1.165, 1.54) is 0 Å². The number of carbonyl (C=O) groups is 1. The predicted molar refractivity (Wildman–Crippen MR) is 115 cm³/mol. The summed E-state index contributed by atoms with van der Waals surface area (Å²) in [6.07, 6.45) is 3.65. The molecule has 28 heavy (non-hydrogen) atoms. The summed E-state index contributed by atoms with van der Waals surface area (Å²) in [6, 6.07) is 9.69. The van der Waals surface area contributed by atoms with E-state index in [0.717, 1.165) is 24.5 Å². The van der Waals surface area contributed by atoms with E-state index >= 15 is 0 Å². The molecule has 3 rings (SSSR count). The minimum absolute atomic E-state index is 0.193. The zero-order valence-electron chi connectivity index (χ0n) is 16.6. The Morgan fingerprint density at radius 1 is 1.29 bits per heavy atom. The van der Waals surface area contributed by atoms with E-state index < -0.39 is 0 Å². The van der Waals surface area contributed by atoms with E-state index in [1.54, 1.807) is 30.2 Å². The average Bonchev–Trinajstić information content (AvgIpc) is 2.67. The first kappa shape index (κ1) is 20.4. The van der Waals surface area contributed by atoms with Gasteiger partial charge in [-0.25, -0.2) is 0 Å². The number of pyridine rings is 1. The number of carbonyl (C=O) groups excluding carboxylic acids is 1. The minimum atomic E-state index is -0.193. The van der Waals surface area contributed by atoms with Gasteiger partial charge in [-0.3, -0.25) is 9.78 Å². The minimum Gasteiger partial charge on any atom is -0.372 e. The molecule has 2 unspecified atom stereocenters. The highest BCUT2D eigenvalue weighted by Crippen LogP contribution is 2.26. The third kappa shape index (κ3) is 4.37. The summed E-state index contributed by atoms with van der Waals surface area (Å²) in [5.41, 5.74) is 2.95. The van der Waals surface area contributed by atoms with Crippen molar-refractivity contribution in [2.45, 2.75) is 33.0 Å². The largest absolute Gasteiger partial charge is 0.372 e. The lowest BCUT2D eigenvalue weighted by Gasteiger charge is -2.37. The van der Waals surface area contributed by atoms with Crippen LogP contribution in [0.3, 0.4) is 0 Å². The first-order valence-corrected chi connectivity index (χ1v) is 9.82. The molecular formula is C22H26ClN3O2. The van der Waals surface area contributed by atoms with Crippen LogP contribution in [-0.2, 0) is 4.74 Å². The molecule has 1 aliphatic rings. The highest BCUT2D eigenvalue weighted by atomic mass is 35.5. The molecule has 1 fully saturated rings. The molecular weight excluding hydrogens is 374 g/mol. The summed E-state index contributed by atoms with van der Waals surface area (Å²) >= 11 is 6.17. The Morgan fingerprint density at radius 2 is 1.93 bits per heavy atom. The van der Waals surface area contributed by atoms with E-state index in [2.05, 4.69) is 30.3 Å². The zero-order chi connectivity index (χ0) is 20.3. The maximum absolute atomic E-state index is 13.1. The Hall–Kier alpha value is -2.37. The molecule has 2 heterocycles. The zero-order valence-corrected chi connectivity index (χ0v) is 17.3. The first-order chi connectivity index (χ1) is 13.4. The van der Waals surface area contributed by atoms with Gasteiger partial charge in [0.1, 0.15) is 5.69 Å². The molecule has 0 spiro atoms. The van der Waals surface area contributed by atoms with Crippen LogP contribution in [-0.4, -0.2) is 42.7 Å². The summed E-state index contributed by atoms with van der Waals surface area (Å²) in [7, 11) is 0. The highest BCUT2D eigenvalue weighted by molar-refractivity contribution is 6.31. The van der Waals surface area contributed by atoms with E-state index in [1.807, 2.05) is 24.3 Å². The van der Waals surface area contributed by atoms with Gasteiger partial charge >= 0.3 is 0 Å². The van der Waals surface area contributed by atoms with Crippen LogP contribution in [0.2, 0.25) is 5.02 Å². The summed E-state index contributed by atoms with van der Waals surface area (Å²) in [6.45, 7) is 11.9. The third-order valence-electron chi connectivity index (χ3n) is 4.84. The molecule has 2 atom stereocenters. The van der Waals surface area contributed by atoms with E-state index in [0.29, 0.717) is 22.8 Å². The molecule has 6 heteroatoms. The van der Waals surface area contributed by atoms with Crippen LogP contribution < -0.4 is 9.80 Å². The number of hydrogen-bond donors (Lipinski definition) is 0. The lowest BCUT2D eigenvalue weighted by atomic mass is 10.1. The Labute approximate surface area is 171 Å². The summed E-state index contributed by atoms with van der Waals surface area (Å²) in [5, 5.41) is 0.530. The van der Waals surface area contributed by atoms with Crippen LogP contribution in [0.25, 0.3) is 0 Å². The number of morpholine rings is 1. The van der Waals surface area contributed by atoms with Crippen molar-refractivity contribution < 1.29 is 9.53 Å². The molecule has 0 saturated carbocycles. The van der Waals surface area contributed by atoms with Gasteiger partial charge in [0.25, 0.3) is 5.91 Å². The Bertz CT molecular complexity index is 843. The van der Waals surface area contributed by atoms with Crippen LogP contribution in [0, 0.1) is 6.92 Å². The number of nitrogens with zero attached hydrogens (tertiary/aromatic N) is 3. The van der Waals surface area contributed by atoms with E-state index in [9.17, 15) is 4.79 Å². The normalized spacial score (nSPS) is 19.4. The number of benzene rings is 1. The smallest absolute Gasteiger partial charge is 0.277 e. The first-order valence-electron chi connectivity index (χ1n) is 9.45. The highest BCUT2D eigenvalue weighted by Gasteiger charge is 2.24. The van der Waals surface area contributed by atoms with E-state index in [4.69, 9.17) is 16.3 Å². The molecule has 1 amide bonds. The molecule has 1 aromatic carbocycles. The third-order valence-corrected chi connectivity index (χ3v) is 5.25. The molecule has 0 N–H and O–H groups in total. The molecule has 1 aromatic heterocycles. The van der Waals surface area contributed by atoms with Crippen molar-refractivity contribution >= 4 is 28.9 Å². The number of halogens is 1. The lowest BCUT2D eigenvalue weighted by Crippen LogP contribution is -2.45. The van der Waals surface area contributed by atoms with Gasteiger partial charge in [-0.2, -0.15) is 0 Å². The fourth-order valence-corrected chi connectivity index (χ4v) is 3.67. The SMILES string of the molecule is C=CCN(C(=O)c1nccc(Cl)c1C)c1ccc(N2CC(C)OC(C)C2)cc1. The van der Waals surface area contributed by atoms with Gasteiger partial charge in [-0.05, 0) is 56.7 Å². The van der Waals surface area contributed by atoms with Crippen molar-refractivity contribution in [2.75, 3.05) is 29.4 Å². The number of hydrogen-bond acceptors (Lipinski definition) is 4. The Balaban J connectivity index is 1.85. The molecule has 1 saturated heterocycles. The summed E-state index contributed by atoms with van der Waals surface area (Å²) < 4.78 is 5.81. The second-order valence-electron chi connectivity index (χ2n) is 7.15. The van der Waals surface area contributed by atoms with Gasteiger partial charge in [0.05, 0.1) is 12.2 Å². The Kier molecular flexibility index (Phi) is 6.37. The number of anilines is 2. The van der Waals surface area contributed by atoms with Gasteiger partial charge < -0.3 is 14.5 Å². The molecule has 1 aliphatic heterocycles. The fraction of sp³-hybridized carbons (Fsp3) is 0.364. The van der Waals surface area contributed by atoms with Crippen LogP contribution in [0.15, 0.2) is 49.2 Å². The van der Waals surface area contributed by atoms with E-state index in [-0.39, 0.29) is 18.1 Å². The van der Waals surface area contributed by atoms with Crippen LogP contribution in [0.1, 0.15) is 29.9 Å². The van der Waals surface area contributed by atoms with Crippen LogP contribution in [0.4, 0.5) is 11.4 Å². The van der Waals surface area contributed by atoms with Crippen LogP contribution in [0.5, 0.6) is 0 Å². The maximum atomic E-state index is 13.1. The van der Waals surface area contributed by atoms with Gasteiger partial charge in [0.2, 0.25) is 0 Å². The second kappa shape index (κ2) is 8.76. The summed E-state index contributed by atoms with van der Waals surface area (Å²) in [4.78, 5) is 21.3. The summed E-state index contributed by atoms with van der Waals surface area (Å²) in [5.74, 6) is -0.193.